The second kappa shape index (κ2) is 7.58. The number of aliphatic hydroxyl groups excluding tert-OH is 1. The predicted octanol–water partition coefficient (Wildman–Crippen LogP) is 1.64. The first kappa shape index (κ1) is 16.0. The Bertz CT molecular complexity index is 609. The van der Waals surface area contributed by atoms with E-state index in [-0.39, 0.29) is 0 Å². The first-order valence-corrected chi connectivity index (χ1v) is 8.10. The molecule has 2 heterocycles. The molecule has 2 aromatic rings. The van der Waals surface area contributed by atoms with E-state index in [4.69, 9.17) is 0 Å². The standard InChI is InChI=1S/C13H18BrN5OS/c1-15-13(16-5-11-3-10(14)8-21-11)17-6-12(20)9-4-18-19(2)7-9/h3-4,7-8,12,20H,5-6H2,1-2H3,(H2,15,16,17). The van der Waals surface area contributed by atoms with Crippen molar-refractivity contribution in [3.05, 3.63) is 38.8 Å². The molecule has 0 radical (unpaired) electrons. The van der Waals surface area contributed by atoms with Crippen LogP contribution in [0.1, 0.15) is 16.5 Å². The predicted molar refractivity (Wildman–Crippen MR) is 88.4 cm³/mol. The molecule has 0 aliphatic rings. The van der Waals surface area contributed by atoms with Gasteiger partial charge in [0.05, 0.1) is 18.8 Å². The number of halogens is 1. The van der Waals surface area contributed by atoms with Crippen LogP contribution in [0.15, 0.2) is 33.3 Å². The van der Waals surface area contributed by atoms with E-state index in [0.29, 0.717) is 19.0 Å². The van der Waals surface area contributed by atoms with Crippen molar-refractivity contribution in [3.63, 3.8) is 0 Å². The fourth-order valence-electron chi connectivity index (χ4n) is 1.76. The van der Waals surface area contributed by atoms with Crippen molar-refractivity contribution in [1.82, 2.24) is 20.4 Å². The summed E-state index contributed by atoms with van der Waals surface area (Å²) in [6.45, 7) is 1.07. The minimum Gasteiger partial charge on any atom is -0.386 e. The Morgan fingerprint density at radius 3 is 2.95 bits per heavy atom. The van der Waals surface area contributed by atoms with Crippen LogP contribution in [-0.4, -0.2) is 34.4 Å². The largest absolute Gasteiger partial charge is 0.386 e. The second-order valence-electron chi connectivity index (χ2n) is 4.50. The lowest BCUT2D eigenvalue weighted by Gasteiger charge is -2.14. The molecule has 114 valence electrons. The van der Waals surface area contributed by atoms with E-state index < -0.39 is 6.10 Å². The summed E-state index contributed by atoms with van der Waals surface area (Å²) in [5, 5.41) is 22.5. The first-order chi connectivity index (χ1) is 10.1. The van der Waals surface area contributed by atoms with Crippen molar-refractivity contribution in [2.24, 2.45) is 12.0 Å². The summed E-state index contributed by atoms with van der Waals surface area (Å²) in [6, 6.07) is 2.06. The fourth-order valence-corrected chi connectivity index (χ4v) is 3.15. The van der Waals surface area contributed by atoms with Gasteiger partial charge in [-0.15, -0.1) is 11.3 Å². The highest BCUT2D eigenvalue weighted by molar-refractivity contribution is 9.10. The maximum absolute atomic E-state index is 10.1. The van der Waals surface area contributed by atoms with Gasteiger partial charge >= 0.3 is 0 Å². The molecule has 1 atom stereocenters. The normalized spacial score (nSPS) is 13.2. The van der Waals surface area contributed by atoms with Gasteiger partial charge in [-0.05, 0) is 22.0 Å². The van der Waals surface area contributed by atoms with Crippen LogP contribution >= 0.6 is 27.3 Å². The Morgan fingerprint density at radius 1 is 1.57 bits per heavy atom. The number of aromatic nitrogens is 2. The molecule has 6 nitrogen and oxygen atoms in total. The summed E-state index contributed by atoms with van der Waals surface area (Å²) in [4.78, 5) is 5.34. The highest BCUT2D eigenvalue weighted by atomic mass is 79.9. The molecule has 21 heavy (non-hydrogen) atoms. The molecule has 0 amide bonds. The number of rotatable bonds is 5. The lowest BCUT2D eigenvalue weighted by molar-refractivity contribution is 0.180. The molecule has 0 saturated heterocycles. The molecule has 3 N–H and O–H groups in total. The molecule has 0 fully saturated rings. The second-order valence-corrected chi connectivity index (χ2v) is 6.41. The van der Waals surface area contributed by atoms with Crippen molar-refractivity contribution in [2.45, 2.75) is 12.6 Å². The third-order valence-electron chi connectivity index (χ3n) is 2.85. The van der Waals surface area contributed by atoms with Crippen molar-refractivity contribution < 1.29 is 5.11 Å². The van der Waals surface area contributed by atoms with Gasteiger partial charge in [0.2, 0.25) is 0 Å². The SMILES string of the molecule is CN=C(NCc1cc(Br)cs1)NCC(O)c1cnn(C)c1. The maximum Gasteiger partial charge on any atom is 0.191 e. The zero-order chi connectivity index (χ0) is 15.2. The third-order valence-corrected chi connectivity index (χ3v) is 4.55. The number of aliphatic imine (C=N–C) groups is 1. The smallest absolute Gasteiger partial charge is 0.191 e. The van der Waals surface area contributed by atoms with Gasteiger partial charge in [-0.1, -0.05) is 0 Å². The van der Waals surface area contributed by atoms with Gasteiger partial charge in [-0.2, -0.15) is 5.10 Å². The van der Waals surface area contributed by atoms with E-state index in [1.54, 1.807) is 35.5 Å². The average molecular weight is 372 g/mol. The van der Waals surface area contributed by atoms with Crippen LogP contribution in [0.3, 0.4) is 0 Å². The Kier molecular flexibility index (Phi) is 5.77. The van der Waals surface area contributed by atoms with Crippen LogP contribution < -0.4 is 10.6 Å². The van der Waals surface area contributed by atoms with Crippen LogP contribution in [0, 0.1) is 0 Å². The van der Waals surface area contributed by atoms with E-state index in [1.807, 2.05) is 12.4 Å². The Hall–Kier alpha value is -1.38. The van der Waals surface area contributed by atoms with E-state index in [9.17, 15) is 5.11 Å². The molecule has 2 aromatic heterocycles. The van der Waals surface area contributed by atoms with Gasteiger partial charge in [-0.25, -0.2) is 0 Å². The number of hydrogen-bond acceptors (Lipinski definition) is 4. The van der Waals surface area contributed by atoms with Gasteiger partial charge in [0.25, 0.3) is 0 Å². The quantitative estimate of drug-likeness (QED) is 0.551. The van der Waals surface area contributed by atoms with Gasteiger partial charge in [-0.3, -0.25) is 9.67 Å². The summed E-state index contributed by atoms with van der Waals surface area (Å²) in [7, 11) is 3.53. The molecule has 1 unspecified atom stereocenters. The van der Waals surface area contributed by atoms with Crippen molar-refractivity contribution in [2.75, 3.05) is 13.6 Å². The highest BCUT2D eigenvalue weighted by Crippen LogP contribution is 2.19. The highest BCUT2D eigenvalue weighted by Gasteiger charge is 2.10. The van der Waals surface area contributed by atoms with Crippen molar-refractivity contribution in [1.29, 1.82) is 0 Å². The average Bonchev–Trinajstić information content (AvgIpc) is 3.07. The monoisotopic (exact) mass is 371 g/mol. The number of aryl methyl sites for hydroxylation is 1. The van der Waals surface area contributed by atoms with Crippen LogP contribution in [0.2, 0.25) is 0 Å². The fraction of sp³-hybridized carbons (Fsp3) is 0.385. The number of aliphatic hydroxyl groups is 1. The molecule has 0 aliphatic heterocycles. The lowest BCUT2D eigenvalue weighted by atomic mass is 10.2. The van der Waals surface area contributed by atoms with Gasteiger partial charge in [0.1, 0.15) is 0 Å². The Labute approximate surface area is 136 Å². The van der Waals surface area contributed by atoms with E-state index in [1.165, 1.54) is 4.88 Å². The van der Waals surface area contributed by atoms with Gasteiger partial charge in [0.15, 0.2) is 5.96 Å². The summed E-state index contributed by atoms with van der Waals surface area (Å²) < 4.78 is 2.75. The molecule has 2 rings (SSSR count). The zero-order valence-corrected chi connectivity index (χ0v) is 14.3. The van der Waals surface area contributed by atoms with Crippen LogP contribution in [0.5, 0.6) is 0 Å². The molecule has 8 heteroatoms. The summed E-state index contributed by atoms with van der Waals surface area (Å²) in [6.07, 6.45) is 2.84. The number of guanidine groups is 1. The van der Waals surface area contributed by atoms with Crippen LogP contribution in [0.4, 0.5) is 0 Å². The van der Waals surface area contributed by atoms with E-state index >= 15 is 0 Å². The molecule has 0 saturated carbocycles. The third kappa shape index (κ3) is 4.83. The van der Waals surface area contributed by atoms with Gasteiger partial charge < -0.3 is 15.7 Å². The van der Waals surface area contributed by atoms with Crippen molar-refractivity contribution >= 4 is 33.2 Å². The molecule has 0 aliphatic carbocycles. The molecule has 0 spiro atoms. The first-order valence-electron chi connectivity index (χ1n) is 6.42. The molecular weight excluding hydrogens is 354 g/mol. The summed E-state index contributed by atoms with van der Waals surface area (Å²) >= 11 is 5.10. The number of nitrogens with zero attached hydrogens (tertiary/aromatic N) is 3. The number of hydrogen-bond donors (Lipinski definition) is 3. The van der Waals surface area contributed by atoms with Gasteiger partial charge in [0, 0.05) is 47.1 Å². The summed E-state index contributed by atoms with van der Waals surface area (Å²) in [5.41, 5.74) is 0.780. The molecular formula is C13H18BrN5OS. The van der Waals surface area contributed by atoms with E-state index in [0.717, 1.165) is 10.0 Å². The van der Waals surface area contributed by atoms with E-state index in [2.05, 4.69) is 42.7 Å². The number of nitrogens with one attached hydrogen (secondary N) is 2. The topological polar surface area (TPSA) is 74.5 Å². The minimum atomic E-state index is -0.617. The van der Waals surface area contributed by atoms with Crippen LogP contribution in [-0.2, 0) is 13.6 Å². The zero-order valence-electron chi connectivity index (χ0n) is 11.9. The minimum absolute atomic E-state index is 0.375. The lowest BCUT2D eigenvalue weighted by Crippen LogP contribution is -2.38. The molecule has 0 bridgehead atoms. The Balaban J connectivity index is 1.80. The maximum atomic E-state index is 10.1. The number of thiophene rings is 1. The Morgan fingerprint density at radius 2 is 2.38 bits per heavy atom. The molecule has 0 aromatic carbocycles. The van der Waals surface area contributed by atoms with Crippen LogP contribution in [0.25, 0.3) is 0 Å². The van der Waals surface area contributed by atoms with Crippen molar-refractivity contribution in [3.8, 4) is 0 Å². The summed E-state index contributed by atoms with van der Waals surface area (Å²) in [5.74, 6) is 0.655.